The van der Waals surface area contributed by atoms with E-state index in [1.807, 2.05) is 11.8 Å². The maximum Gasteiger partial charge on any atom is 0.188 e. The minimum atomic E-state index is 0. The minimum absolute atomic E-state index is 0. The number of guanidine groups is 1. The molecular formula is C13H28IN3S. The molecule has 0 aromatic rings. The Labute approximate surface area is 133 Å². The lowest BCUT2D eigenvalue weighted by Crippen LogP contribution is -2.40. The molecule has 0 atom stereocenters. The van der Waals surface area contributed by atoms with E-state index in [2.05, 4.69) is 30.4 Å². The highest BCUT2D eigenvalue weighted by atomic mass is 127. The summed E-state index contributed by atoms with van der Waals surface area (Å²) in [6.45, 7) is 5.17. The van der Waals surface area contributed by atoms with Crippen LogP contribution in [0.15, 0.2) is 4.99 Å². The lowest BCUT2D eigenvalue weighted by atomic mass is 10.1. The van der Waals surface area contributed by atoms with Gasteiger partial charge in [0, 0.05) is 10.8 Å². The number of rotatable bonds is 4. The van der Waals surface area contributed by atoms with Crippen molar-refractivity contribution in [1.29, 1.82) is 0 Å². The van der Waals surface area contributed by atoms with Crippen LogP contribution in [0.2, 0.25) is 0 Å². The molecule has 1 fully saturated rings. The van der Waals surface area contributed by atoms with Gasteiger partial charge in [-0.1, -0.05) is 25.7 Å². The lowest BCUT2D eigenvalue weighted by molar-refractivity contribution is 0.529. The molecule has 0 aromatic carbocycles. The van der Waals surface area contributed by atoms with Crippen molar-refractivity contribution in [1.82, 2.24) is 5.32 Å². The number of nitrogens with one attached hydrogen (secondary N) is 1. The molecule has 1 aliphatic carbocycles. The third kappa shape index (κ3) is 7.71. The monoisotopic (exact) mass is 385 g/mol. The molecule has 3 nitrogen and oxygen atoms in total. The van der Waals surface area contributed by atoms with Crippen molar-refractivity contribution < 1.29 is 0 Å². The zero-order chi connectivity index (χ0) is 12.7. The summed E-state index contributed by atoms with van der Waals surface area (Å²) in [7, 11) is 0. The van der Waals surface area contributed by atoms with Gasteiger partial charge in [0.1, 0.15) is 0 Å². The standard InChI is InChI=1S/C13H27N3S.HI/c1-13(2,17-3)10-15-12(14)16-11-8-6-4-5-7-9-11;/h11H,4-10H2,1-3H3,(H3,14,15,16);1H. The second-order valence-electron chi connectivity index (χ2n) is 5.50. The minimum Gasteiger partial charge on any atom is -0.370 e. The molecule has 0 saturated heterocycles. The van der Waals surface area contributed by atoms with E-state index >= 15 is 0 Å². The Balaban J connectivity index is 0.00000289. The van der Waals surface area contributed by atoms with Crippen LogP contribution in [0.3, 0.4) is 0 Å². The Morgan fingerprint density at radius 2 is 1.83 bits per heavy atom. The number of thioether (sulfide) groups is 1. The van der Waals surface area contributed by atoms with E-state index in [1.165, 1.54) is 38.5 Å². The molecule has 5 heteroatoms. The molecule has 0 heterocycles. The van der Waals surface area contributed by atoms with E-state index in [0.717, 1.165) is 6.54 Å². The van der Waals surface area contributed by atoms with Crippen LogP contribution in [-0.2, 0) is 0 Å². The van der Waals surface area contributed by atoms with Gasteiger partial charge in [-0.2, -0.15) is 11.8 Å². The van der Waals surface area contributed by atoms with Gasteiger partial charge in [0.05, 0.1) is 6.54 Å². The number of hydrogen-bond acceptors (Lipinski definition) is 2. The first-order valence-corrected chi connectivity index (χ1v) is 7.87. The van der Waals surface area contributed by atoms with Crippen LogP contribution in [-0.4, -0.2) is 29.5 Å². The van der Waals surface area contributed by atoms with Crippen LogP contribution < -0.4 is 11.1 Å². The largest absolute Gasteiger partial charge is 0.370 e. The highest BCUT2D eigenvalue weighted by Gasteiger charge is 2.16. The van der Waals surface area contributed by atoms with Crippen molar-refractivity contribution in [3.63, 3.8) is 0 Å². The molecule has 0 amide bonds. The fourth-order valence-corrected chi connectivity index (χ4v) is 2.21. The van der Waals surface area contributed by atoms with Crippen molar-refractivity contribution in [2.24, 2.45) is 10.7 Å². The summed E-state index contributed by atoms with van der Waals surface area (Å²) in [6.07, 6.45) is 9.97. The highest BCUT2D eigenvalue weighted by molar-refractivity contribution is 14.0. The molecule has 0 radical (unpaired) electrons. The third-order valence-electron chi connectivity index (χ3n) is 3.39. The fraction of sp³-hybridized carbons (Fsp3) is 0.923. The van der Waals surface area contributed by atoms with Crippen LogP contribution in [0.1, 0.15) is 52.4 Å². The summed E-state index contributed by atoms with van der Waals surface area (Å²) in [5, 5.41) is 3.37. The molecule has 108 valence electrons. The van der Waals surface area contributed by atoms with Crippen LogP contribution in [0.4, 0.5) is 0 Å². The van der Waals surface area contributed by atoms with Gasteiger partial charge in [-0.15, -0.1) is 24.0 Å². The fourth-order valence-electron chi connectivity index (χ4n) is 2.02. The zero-order valence-corrected chi connectivity index (χ0v) is 15.0. The van der Waals surface area contributed by atoms with Gasteiger partial charge in [0.2, 0.25) is 0 Å². The van der Waals surface area contributed by atoms with Crippen LogP contribution >= 0.6 is 35.7 Å². The number of aliphatic imine (C=N–C) groups is 1. The van der Waals surface area contributed by atoms with E-state index in [-0.39, 0.29) is 28.7 Å². The number of nitrogens with zero attached hydrogens (tertiary/aromatic N) is 1. The van der Waals surface area contributed by atoms with Gasteiger partial charge in [-0.3, -0.25) is 4.99 Å². The van der Waals surface area contributed by atoms with Crippen molar-refractivity contribution in [3.8, 4) is 0 Å². The molecule has 1 rings (SSSR count). The first kappa shape index (κ1) is 18.4. The van der Waals surface area contributed by atoms with E-state index in [9.17, 15) is 0 Å². The van der Waals surface area contributed by atoms with Crippen LogP contribution in [0.25, 0.3) is 0 Å². The molecule has 0 bridgehead atoms. The maximum absolute atomic E-state index is 5.95. The van der Waals surface area contributed by atoms with Crippen LogP contribution in [0.5, 0.6) is 0 Å². The molecule has 1 saturated carbocycles. The van der Waals surface area contributed by atoms with Gasteiger partial charge in [0.25, 0.3) is 0 Å². The summed E-state index contributed by atoms with van der Waals surface area (Å²) in [5.74, 6) is 0.624. The number of halogens is 1. The number of hydrogen-bond donors (Lipinski definition) is 2. The van der Waals surface area contributed by atoms with Crippen LogP contribution in [0, 0.1) is 0 Å². The normalized spacial score (nSPS) is 18.9. The Kier molecular flexibility index (Phi) is 9.47. The molecular weight excluding hydrogens is 357 g/mol. The predicted octanol–water partition coefficient (Wildman–Crippen LogP) is 3.37. The average Bonchev–Trinajstić information content (AvgIpc) is 2.55. The maximum atomic E-state index is 5.95. The summed E-state index contributed by atoms with van der Waals surface area (Å²) in [6, 6.07) is 0.540. The zero-order valence-electron chi connectivity index (χ0n) is 11.9. The van der Waals surface area contributed by atoms with Gasteiger partial charge < -0.3 is 11.1 Å². The van der Waals surface area contributed by atoms with Gasteiger partial charge in [-0.25, -0.2) is 0 Å². The molecule has 0 aliphatic heterocycles. The smallest absolute Gasteiger partial charge is 0.188 e. The summed E-state index contributed by atoms with van der Waals surface area (Å²) >= 11 is 1.83. The third-order valence-corrected chi connectivity index (χ3v) is 4.62. The Hall–Kier alpha value is 0.350. The first-order valence-electron chi connectivity index (χ1n) is 6.65. The van der Waals surface area contributed by atoms with E-state index in [4.69, 9.17) is 5.73 Å². The Morgan fingerprint density at radius 1 is 1.28 bits per heavy atom. The second-order valence-corrected chi connectivity index (χ2v) is 7.01. The molecule has 18 heavy (non-hydrogen) atoms. The summed E-state index contributed by atoms with van der Waals surface area (Å²) < 4.78 is 0.176. The van der Waals surface area contributed by atoms with Crippen molar-refractivity contribution in [3.05, 3.63) is 0 Å². The summed E-state index contributed by atoms with van der Waals surface area (Å²) in [4.78, 5) is 4.45. The van der Waals surface area contributed by atoms with Gasteiger partial charge in [0.15, 0.2) is 5.96 Å². The van der Waals surface area contributed by atoms with Gasteiger partial charge in [-0.05, 0) is 32.9 Å². The highest BCUT2D eigenvalue weighted by Crippen LogP contribution is 2.21. The van der Waals surface area contributed by atoms with Crippen molar-refractivity contribution in [2.45, 2.75) is 63.2 Å². The molecule has 0 aromatic heterocycles. The van der Waals surface area contributed by atoms with E-state index < -0.39 is 0 Å². The molecule has 1 aliphatic rings. The molecule has 3 N–H and O–H groups in total. The van der Waals surface area contributed by atoms with Crippen molar-refractivity contribution >= 4 is 41.7 Å². The van der Waals surface area contributed by atoms with Gasteiger partial charge >= 0.3 is 0 Å². The molecule has 0 unspecified atom stereocenters. The quantitative estimate of drug-likeness (QED) is 0.338. The summed E-state index contributed by atoms with van der Waals surface area (Å²) in [5.41, 5.74) is 5.95. The van der Waals surface area contributed by atoms with E-state index in [0.29, 0.717) is 12.0 Å². The molecule has 0 spiro atoms. The van der Waals surface area contributed by atoms with E-state index in [1.54, 1.807) is 0 Å². The topological polar surface area (TPSA) is 50.4 Å². The SMILES string of the molecule is CSC(C)(C)CN=C(N)NC1CCCCCC1.I. The Bertz CT molecular complexity index is 249. The average molecular weight is 385 g/mol. The predicted molar refractivity (Wildman–Crippen MR) is 94.1 cm³/mol. The number of nitrogens with two attached hydrogens (primary N) is 1. The lowest BCUT2D eigenvalue weighted by Gasteiger charge is -2.21. The van der Waals surface area contributed by atoms with Crippen molar-refractivity contribution in [2.75, 3.05) is 12.8 Å². The second kappa shape index (κ2) is 9.28. The first-order chi connectivity index (χ1) is 8.03. The Morgan fingerprint density at radius 3 is 2.33 bits per heavy atom.